The molecular formula is C19H17Cl4F3N2. The topological polar surface area (TPSA) is 15.6 Å². The molecule has 0 N–H and O–H groups in total. The van der Waals surface area contributed by atoms with Gasteiger partial charge in [0.1, 0.15) is 0 Å². The molecular weight excluding hydrogens is 455 g/mol. The third-order valence-corrected chi connectivity index (χ3v) is 4.85. The van der Waals surface area contributed by atoms with E-state index in [0.717, 1.165) is 11.6 Å². The van der Waals surface area contributed by atoms with E-state index in [-0.39, 0.29) is 30.4 Å². The number of aliphatic imine (C=N–C) groups is 1. The standard InChI is InChI=1S/C19H15Cl2F3N2.2ClH/c1-26-10-9-25-16(8-6-12-5-7-14(20)15(21)11-12)18-13(19(22,23)24)3-2-4-17(18)26;;/h2-8,11H,9-10H2,1H3;2*1H. The number of halogens is 7. The number of likely N-dealkylation sites (N-methyl/N-ethyl adjacent to an activating group) is 1. The first-order valence-electron chi connectivity index (χ1n) is 7.86. The molecule has 0 bridgehead atoms. The molecule has 0 fully saturated rings. The van der Waals surface area contributed by atoms with E-state index in [2.05, 4.69) is 4.99 Å². The zero-order valence-electron chi connectivity index (χ0n) is 14.6. The van der Waals surface area contributed by atoms with Crippen molar-refractivity contribution in [2.45, 2.75) is 6.18 Å². The van der Waals surface area contributed by atoms with Crippen molar-refractivity contribution < 1.29 is 13.2 Å². The van der Waals surface area contributed by atoms with Gasteiger partial charge in [-0.05, 0) is 35.9 Å². The fourth-order valence-electron chi connectivity index (χ4n) is 2.81. The van der Waals surface area contributed by atoms with Crippen LogP contribution in [-0.4, -0.2) is 25.8 Å². The molecule has 0 amide bonds. The Hall–Kier alpha value is -1.40. The number of allylic oxidation sites excluding steroid dienone is 1. The van der Waals surface area contributed by atoms with Gasteiger partial charge in [0.25, 0.3) is 0 Å². The lowest BCUT2D eigenvalue weighted by Gasteiger charge is -2.22. The summed E-state index contributed by atoms with van der Waals surface area (Å²) in [6.45, 7) is 0.946. The number of hydrogen-bond acceptors (Lipinski definition) is 2. The van der Waals surface area contributed by atoms with Crippen molar-refractivity contribution in [3.63, 3.8) is 0 Å². The third-order valence-electron chi connectivity index (χ3n) is 4.11. The monoisotopic (exact) mass is 470 g/mol. The molecule has 152 valence electrons. The van der Waals surface area contributed by atoms with Crippen LogP contribution in [0.15, 0.2) is 47.5 Å². The second-order valence-corrected chi connectivity index (χ2v) is 6.71. The summed E-state index contributed by atoms with van der Waals surface area (Å²) in [6, 6.07) is 9.22. The van der Waals surface area contributed by atoms with E-state index in [1.807, 2.05) is 0 Å². The van der Waals surface area contributed by atoms with E-state index in [1.54, 1.807) is 48.4 Å². The molecule has 2 aromatic carbocycles. The van der Waals surface area contributed by atoms with Crippen LogP contribution in [0.1, 0.15) is 16.7 Å². The largest absolute Gasteiger partial charge is 0.417 e. The molecule has 3 rings (SSSR count). The second-order valence-electron chi connectivity index (χ2n) is 5.89. The maximum Gasteiger partial charge on any atom is 0.417 e. The Morgan fingerprint density at radius 3 is 2.39 bits per heavy atom. The van der Waals surface area contributed by atoms with Gasteiger partial charge < -0.3 is 4.90 Å². The number of alkyl halides is 3. The van der Waals surface area contributed by atoms with Crippen LogP contribution >= 0.6 is 48.0 Å². The average Bonchev–Trinajstić information content (AvgIpc) is 2.74. The first-order chi connectivity index (χ1) is 12.3. The Morgan fingerprint density at radius 2 is 1.75 bits per heavy atom. The van der Waals surface area contributed by atoms with Crippen molar-refractivity contribution in [1.82, 2.24) is 0 Å². The number of rotatable bonds is 2. The van der Waals surface area contributed by atoms with E-state index in [9.17, 15) is 13.2 Å². The van der Waals surface area contributed by atoms with E-state index in [0.29, 0.717) is 34.5 Å². The molecule has 0 spiro atoms. The number of nitrogens with zero attached hydrogens (tertiary/aromatic N) is 2. The average molecular weight is 472 g/mol. The second kappa shape index (κ2) is 9.88. The summed E-state index contributed by atoms with van der Waals surface area (Å²) in [5.74, 6) is 0. The van der Waals surface area contributed by atoms with Crippen LogP contribution in [0.5, 0.6) is 0 Å². The predicted molar refractivity (Wildman–Crippen MR) is 116 cm³/mol. The highest BCUT2D eigenvalue weighted by atomic mass is 35.5. The Kier molecular flexibility index (Phi) is 8.69. The molecule has 0 atom stereocenters. The summed E-state index contributed by atoms with van der Waals surface area (Å²) in [6.07, 6.45) is -1.19. The van der Waals surface area contributed by atoms with Crippen molar-refractivity contribution in [3.8, 4) is 0 Å². The molecule has 0 aromatic heterocycles. The summed E-state index contributed by atoms with van der Waals surface area (Å²) in [5, 5.41) is 0.801. The van der Waals surface area contributed by atoms with Gasteiger partial charge in [-0.1, -0.05) is 41.4 Å². The molecule has 28 heavy (non-hydrogen) atoms. The lowest BCUT2D eigenvalue weighted by molar-refractivity contribution is -0.137. The van der Waals surface area contributed by atoms with Crippen molar-refractivity contribution in [3.05, 3.63) is 69.2 Å². The molecule has 1 heterocycles. The zero-order valence-corrected chi connectivity index (χ0v) is 17.8. The van der Waals surface area contributed by atoms with Crippen LogP contribution in [0.4, 0.5) is 18.9 Å². The SMILES string of the molecule is CN1CCN=C(C=Cc2ccc(Cl)c(Cl)c2)c2c1cccc2C(F)(F)F.Cl.Cl. The molecule has 2 aromatic rings. The van der Waals surface area contributed by atoms with Gasteiger partial charge in [0.05, 0.1) is 27.9 Å². The lowest BCUT2D eigenvalue weighted by Crippen LogP contribution is -2.22. The Balaban J connectivity index is 0.00000196. The summed E-state index contributed by atoms with van der Waals surface area (Å²) in [4.78, 5) is 6.16. The Bertz CT molecular complexity index is 895. The van der Waals surface area contributed by atoms with Crippen molar-refractivity contribution in [2.24, 2.45) is 4.99 Å². The third kappa shape index (κ3) is 5.35. The van der Waals surface area contributed by atoms with Gasteiger partial charge in [0.2, 0.25) is 0 Å². The van der Waals surface area contributed by atoms with Gasteiger partial charge in [-0.3, -0.25) is 4.99 Å². The minimum Gasteiger partial charge on any atom is -0.372 e. The van der Waals surface area contributed by atoms with Crippen LogP contribution in [0.3, 0.4) is 0 Å². The molecule has 2 nitrogen and oxygen atoms in total. The van der Waals surface area contributed by atoms with Crippen LogP contribution in [0.25, 0.3) is 6.08 Å². The van der Waals surface area contributed by atoms with E-state index in [4.69, 9.17) is 23.2 Å². The molecule has 0 unspecified atom stereocenters. The fraction of sp³-hybridized carbons (Fsp3) is 0.211. The van der Waals surface area contributed by atoms with Crippen LogP contribution in [-0.2, 0) is 6.18 Å². The van der Waals surface area contributed by atoms with Gasteiger partial charge >= 0.3 is 6.18 Å². The molecule has 1 aliphatic rings. The first kappa shape index (κ1) is 24.6. The van der Waals surface area contributed by atoms with Crippen LogP contribution in [0, 0.1) is 0 Å². The highest BCUT2D eigenvalue weighted by Gasteiger charge is 2.36. The van der Waals surface area contributed by atoms with Gasteiger partial charge in [-0.2, -0.15) is 13.2 Å². The van der Waals surface area contributed by atoms with Crippen molar-refractivity contribution >= 4 is 65.5 Å². The highest BCUT2D eigenvalue weighted by molar-refractivity contribution is 6.42. The summed E-state index contributed by atoms with van der Waals surface area (Å²) in [5.41, 5.74) is 0.932. The lowest BCUT2D eigenvalue weighted by atomic mass is 9.98. The molecule has 1 aliphatic heterocycles. The van der Waals surface area contributed by atoms with E-state index in [1.165, 1.54) is 6.07 Å². The minimum atomic E-state index is -4.46. The number of hydrogen-bond donors (Lipinski definition) is 0. The minimum absolute atomic E-state index is 0. The highest BCUT2D eigenvalue weighted by Crippen LogP contribution is 2.37. The Morgan fingerprint density at radius 1 is 1.04 bits per heavy atom. The summed E-state index contributed by atoms with van der Waals surface area (Å²) in [7, 11) is 1.76. The van der Waals surface area contributed by atoms with Crippen molar-refractivity contribution in [2.75, 3.05) is 25.0 Å². The summed E-state index contributed by atoms with van der Waals surface area (Å²) >= 11 is 11.9. The van der Waals surface area contributed by atoms with E-state index >= 15 is 0 Å². The molecule has 0 aliphatic carbocycles. The smallest absolute Gasteiger partial charge is 0.372 e. The van der Waals surface area contributed by atoms with Crippen LogP contribution < -0.4 is 4.90 Å². The molecule has 9 heteroatoms. The number of fused-ring (bicyclic) bond motifs is 1. The summed E-state index contributed by atoms with van der Waals surface area (Å²) < 4.78 is 40.6. The van der Waals surface area contributed by atoms with Crippen molar-refractivity contribution in [1.29, 1.82) is 0 Å². The number of benzodiazepines with no additional fused rings is 1. The fourth-order valence-corrected chi connectivity index (χ4v) is 3.12. The predicted octanol–water partition coefficient (Wildman–Crippen LogP) is 6.81. The quantitative estimate of drug-likeness (QED) is 0.469. The molecule has 0 saturated carbocycles. The van der Waals surface area contributed by atoms with Crippen LogP contribution in [0.2, 0.25) is 10.0 Å². The maximum atomic E-state index is 13.5. The first-order valence-corrected chi connectivity index (χ1v) is 8.62. The number of benzene rings is 2. The van der Waals surface area contributed by atoms with Gasteiger partial charge in [0, 0.05) is 24.8 Å². The van der Waals surface area contributed by atoms with Gasteiger partial charge in [-0.25, -0.2) is 0 Å². The number of anilines is 1. The van der Waals surface area contributed by atoms with E-state index < -0.39 is 11.7 Å². The maximum absolute atomic E-state index is 13.5. The zero-order chi connectivity index (χ0) is 18.9. The Labute approximate surface area is 183 Å². The molecule has 0 radical (unpaired) electrons. The normalized spacial score (nSPS) is 13.9. The van der Waals surface area contributed by atoms with Gasteiger partial charge in [0.15, 0.2) is 0 Å². The molecule has 0 saturated heterocycles. The van der Waals surface area contributed by atoms with Gasteiger partial charge in [-0.15, -0.1) is 24.8 Å².